The second-order valence-electron chi connectivity index (χ2n) is 10.5. The number of nitrogens with zero attached hydrogens (tertiary/aromatic N) is 2. The van der Waals surface area contributed by atoms with Crippen molar-refractivity contribution >= 4 is 44.9 Å². The molecule has 1 aliphatic carbocycles. The minimum absolute atomic E-state index is 0.0195. The Morgan fingerprint density at radius 2 is 1.87 bits per heavy atom. The first kappa shape index (κ1) is 28.1. The summed E-state index contributed by atoms with van der Waals surface area (Å²) in [5.41, 5.74) is 3.56. The predicted octanol–water partition coefficient (Wildman–Crippen LogP) is 6.71. The number of amides is 1. The van der Waals surface area contributed by atoms with Crippen molar-refractivity contribution in [1.29, 1.82) is 0 Å². The van der Waals surface area contributed by atoms with E-state index in [1.54, 1.807) is 31.1 Å². The number of carbonyl (C=O) groups is 1. The number of hydrogen-bond donors (Lipinski definition) is 2. The Balaban J connectivity index is 1.60. The van der Waals surface area contributed by atoms with E-state index in [1.165, 1.54) is 12.1 Å². The van der Waals surface area contributed by atoms with E-state index in [1.807, 2.05) is 29.7 Å². The molecule has 1 aromatic heterocycles. The Bertz CT molecular complexity index is 1390. The standard InChI is InChI=1S/C29H36FN3O4S2/c1-31-29(34)27-24-16-23(20-8-7-15-33(18-20)39(35,36)22-9-5-4-6-10-22)25(32(2)38-3)17-26(24)37-28(27)19-11-13-21(30)14-12-19/h11-14,16-17,20,22H,4-10,15,18H2,1-3H3,(H-,31,34,35,36)/p+1/t20-/m0/s1. The van der Waals surface area contributed by atoms with Gasteiger partial charge in [0, 0.05) is 49.8 Å². The third kappa shape index (κ3) is 5.49. The molecule has 5 rings (SSSR count). The molecule has 0 radical (unpaired) electrons. The molecule has 2 N–H and O–H groups in total. The van der Waals surface area contributed by atoms with Gasteiger partial charge in [0.2, 0.25) is 0 Å². The molecule has 1 unspecified atom stereocenters. The lowest BCUT2D eigenvalue weighted by atomic mass is 9.89. The van der Waals surface area contributed by atoms with Crippen LogP contribution in [0.5, 0.6) is 0 Å². The van der Waals surface area contributed by atoms with Gasteiger partial charge in [-0.05, 0) is 78.6 Å². The number of furan rings is 1. The van der Waals surface area contributed by atoms with Gasteiger partial charge in [-0.15, -0.1) is 0 Å². The smallest absolute Gasteiger partial charge is 0.294 e. The first-order valence-electron chi connectivity index (χ1n) is 13.6. The third-order valence-electron chi connectivity index (χ3n) is 8.19. The van der Waals surface area contributed by atoms with Gasteiger partial charge in [-0.3, -0.25) is 4.79 Å². The van der Waals surface area contributed by atoms with E-state index in [0.717, 1.165) is 56.2 Å². The summed E-state index contributed by atoms with van der Waals surface area (Å²) in [6.45, 7) is 1.10. The molecule has 7 nitrogen and oxygen atoms in total. The molecule has 2 aromatic carbocycles. The molecule has 1 saturated heterocycles. The van der Waals surface area contributed by atoms with Crippen molar-refractivity contribution in [3.63, 3.8) is 0 Å². The number of piperidine rings is 1. The van der Waals surface area contributed by atoms with Crippen LogP contribution >= 0.6 is 11.9 Å². The molecule has 1 amide bonds. The van der Waals surface area contributed by atoms with Gasteiger partial charge in [-0.25, -0.2) is 4.39 Å². The molecular formula is C29H37FN3O4S2+. The first-order valence-corrected chi connectivity index (χ1v) is 16.3. The SMILES string of the molecule is CNC(=O)c1c(-c2ccc(F)cc2)oc2cc(N(C)SC)c([C@H]3CCCN([S+](=O)(O)C4CCCCC4)C3)cc12. The van der Waals surface area contributed by atoms with Crippen LogP contribution < -0.4 is 9.62 Å². The lowest BCUT2D eigenvalue weighted by Gasteiger charge is -2.35. The van der Waals surface area contributed by atoms with Crippen LogP contribution in [0, 0.1) is 5.82 Å². The Morgan fingerprint density at radius 1 is 1.15 bits per heavy atom. The number of anilines is 1. The minimum atomic E-state index is -3.12. The lowest BCUT2D eigenvalue weighted by Crippen LogP contribution is -2.48. The highest BCUT2D eigenvalue weighted by molar-refractivity contribution is 7.99. The van der Waals surface area contributed by atoms with E-state index in [-0.39, 0.29) is 22.9 Å². The molecule has 2 atom stereocenters. The summed E-state index contributed by atoms with van der Waals surface area (Å²) in [7, 11) is 0.444. The van der Waals surface area contributed by atoms with Crippen LogP contribution in [0.25, 0.3) is 22.3 Å². The zero-order valence-corrected chi connectivity index (χ0v) is 24.4. The van der Waals surface area contributed by atoms with Crippen molar-refractivity contribution in [3.8, 4) is 11.3 Å². The van der Waals surface area contributed by atoms with Gasteiger partial charge in [-0.1, -0.05) is 22.7 Å². The number of hydrogen-bond acceptors (Lipinski definition) is 5. The largest absolute Gasteiger partial charge is 0.455 e. The number of carbonyl (C=O) groups excluding carboxylic acids is 1. The molecular weight excluding hydrogens is 537 g/mol. The van der Waals surface area contributed by atoms with E-state index in [0.29, 0.717) is 40.9 Å². The maximum atomic E-state index is 13.7. The average molecular weight is 575 g/mol. The molecule has 3 aromatic rings. The zero-order chi connectivity index (χ0) is 27.7. The first-order chi connectivity index (χ1) is 18.7. The Kier molecular flexibility index (Phi) is 8.37. The average Bonchev–Trinajstić information content (AvgIpc) is 3.35. The molecule has 2 aliphatic rings. The van der Waals surface area contributed by atoms with Crippen molar-refractivity contribution in [1.82, 2.24) is 9.62 Å². The van der Waals surface area contributed by atoms with Gasteiger partial charge in [0.05, 0.1) is 17.8 Å². The molecule has 39 heavy (non-hydrogen) atoms. The summed E-state index contributed by atoms with van der Waals surface area (Å²) < 4.78 is 48.8. The Hall–Kier alpha value is -2.40. The monoisotopic (exact) mass is 574 g/mol. The maximum Gasteiger partial charge on any atom is 0.294 e. The van der Waals surface area contributed by atoms with E-state index in [4.69, 9.17) is 4.42 Å². The van der Waals surface area contributed by atoms with E-state index >= 15 is 0 Å². The summed E-state index contributed by atoms with van der Waals surface area (Å²) in [6, 6.07) is 9.89. The van der Waals surface area contributed by atoms with Gasteiger partial charge < -0.3 is 14.0 Å². The summed E-state index contributed by atoms with van der Waals surface area (Å²) in [5.74, 6) is -0.241. The van der Waals surface area contributed by atoms with E-state index in [9.17, 15) is 17.9 Å². The van der Waals surface area contributed by atoms with Crippen LogP contribution in [-0.4, -0.2) is 53.5 Å². The van der Waals surface area contributed by atoms with Crippen molar-refractivity contribution in [2.75, 3.05) is 37.7 Å². The summed E-state index contributed by atoms with van der Waals surface area (Å²) in [4.78, 5) is 13.1. The zero-order valence-electron chi connectivity index (χ0n) is 22.7. The van der Waals surface area contributed by atoms with Crippen molar-refractivity contribution in [3.05, 3.63) is 53.3 Å². The normalized spacial score (nSPS) is 20.6. The van der Waals surface area contributed by atoms with Gasteiger partial charge in [0.25, 0.3) is 16.3 Å². The fourth-order valence-electron chi connectivity index (χ4n) is 6.02. The number of rotatable bonds is 7. The van der Waals surface area contributed by atoms with E-state index < -0.39 is 10.4 Å². The number of nitrogens with one attached hydrogen (secondary N) is 1. The van der Waals surface area contributed by atoms with Crippen molar-refractivity contribution in [2.45, 2.75) is 56.1 Å². The van der Waals surface area contributed by atoms with Gasteiger partial charge in [-0.2, -0.15) is 4.55 Å². The Morgan fingerprint density at radius 3 is 2.54 bits per heavy atom. The summed E-state index contributed by atoms with van der Waals surface area (Å²) in [6.07, 6.45) is 8.47. The maximum absolute atomic E-state index is 13.7. The quantitative estimate of drug-likeness (QED) is 0.241. The molecule has 210 valence electrons. The molecule has 1 aliphatic heterocycles. The Labute approximate surface area is 235 Å². The van der Waals surface area contributed by atoms with Crippen molar-refractivity contribution in [2.24, 2.45) is 0 Å². The van der Waals surface area contributed by atoms with Crippen LogP contribution in [0.3, 0.4) is 0 Å². The van der Waals surface area contributed by atoms with Crippen LogP contribution in [0.4, 0.5) is 10.1 Å². The topological polar surface area (TPSA) is 86.0 Å². The van der Waals surface area contributed by atoms with Crippen LogP contribution in [0.2, 0.25) is 0 Å². The summed E-state index contributed by atoms with van der Waals surface area (Å²) >= 11 is 1.56. The van der Waals surface area contributed by atoms with Gasteiger partial charge in [0.15, 0.2) is 5.25 Å². The number of benzene rings is 2. The van der Waals surface area contributed by atoms with Crippen LogP contribution in [0.1, 0.15) is 66.8 Å². The summed E-state index contributed by atoms with van der Waals surface area (Å²) in [5, 5.41) is 3.23. The van der Waals surface area contributed by atoms with Gasteiger partial charge in [0.1, 0.15) is 17.2 Å². The van der Waals surface area contributed by atoms with E-state index in [2.05, 4.69) is 9.62 Å². The molecule has 2 heterocycles. The molecule has 10 heteroatoms. The predicted molar refractivity (Wildman–Crippen MR) is 158 cm³/mol. The number of halogens is 1. The highest BCUT2D eigenvalue weighted by atomic mass is 32.3. The second kappa shape index (κ2) is 11.6. The molecule has 0 spiro atoms. The fourth-order valence-corrected chi connectivity index (χ4v) is 8.53. The van der Waals surface area contributed by atoms with Crippen molar-refractivity contribution < 1.29 is 22.4 Å². The third-order valence-corrected chi connectivity index (χ3v) is 11.3. The van der Waals surface area contributed by atoms with Crippen LogP contribution in [0.15, 0.2) is 40.8 Å². The second-order valence-corrected chi connectivity index (χ2v) is 13.7. The molecule has 1 saturated carbocycles. The van der Waals surface area contributed by atoms with Gasteiger partial charge >= 0.3 is 0 Å². The molecule has 0 bridgehead atoms. The minimum Gasteiger partial charge on any atom is -0.455 e. The fraction of sp³-hybridized carbons (Fsp3) is 0.483. The highest BCUT2D eigenvalue weighted by Crippen LogP contribution is 2.43. The number of fused-ring (bicyclic) bond motifs is 1. The van der Waals surface area contributed by atoms with Crippen LogP contribution in [-0.2, 0) is 14.6 Å². The lowest BCUT2D eigenvalue weighted by molar-refractivity contribution is 0.0964. The molecule has 2 fully saturated rings. The highest BCUT2D eigenvalue weighted by Gasteiger charge is 2.47.